The van der Waals surface area contributed by atoms with Crippen LogP contribution in [0.2, 0.25) is 0 Å². The fourth-order valence-electron chi connectivity index (χ4n) is 2.40. The second kappa shape index (κ2) is 9.73. The number of hydrogen-bond donors (Lipinski definition) is 3. The summed E-state index contributed by atoms with van der Waals surface area (Å²) in [7, 11) is 1.56. The summed E-state index contributed by atoms with van der Waals surface area (Å²) in [6.07, 6.45) is 0. The van der Waals surface area contributed by atoms with Gasteiger partial charge in [0, 0.05) is 11.3 Å². The average Bonchev–Trinajstić information content (AvgIpc) is 2.66. The predicted octanol–water partition coefficient (Wildman–Crippen LogP) is 3.52. The molecule has 0 saturated carbocycles. The molecule has 0 aliphatic heterocycles. The molecule has 6 heteroatoms. The zero-order valence-corrected chi connectivity index (χ0v) is 16.2. The van der Waals surface area contributed by atoms with Gasteiger partial charge in [-0.3, -0.25) is 9.59 Å². The third-order valence-electron chi connectivity index (χ3n) is 4.00. The summed E-state index contributed by atoms with van der Waals surface area (Å²) in [4.78, 5) is 24.6. The summed E-state index contributed by atoms with van der Waals surface area (Å²) in [5, 5.41) is 8.85. The van der Waals surface area contributed by atoms with E-state index in [0.717, 1.165) is 6.54 Å². The Kier molecular flexibility index (Phi) is 7.37. The van der Waals surface area contributed by atoms with Crippen molar-refractivity contribution in [2.75, 3.05) is 24.3 Å². The molecular weight excluding hydrogens is 342 g/mol. The number of rotatable bonds is 8. The van der Waals surface area contributed by atoms with Gasteiger partial charge in [0.1, 0.15) is 5.75 Å². The van der Waals surface area contributed by atoms with Gasteiger partial charge >= 0.3 is 0 Å². The van der Waals surface area contributed by atoms with Crippen LogP contribution in [0.5, 0.6) is 5.75 Å². The van der Waals surface area contributed by atoms with Crippen LogP contribution < -0.4 is 20.7 Å². The van der Waals surface area contributed by atoms with Crippen LogP contribution >= 0.6 is 0 Å². The number of anilines is 2. The number of nitrogens with one attached hydrogen (secondary N) is 3. The fraction of sp³-hybridized carbons (Fsp3) is 0.333. The van der Waals surface area contributed by atoms with Crippen LogP contribution in [0.3, 0.4) is 0 Å². The first-order valence-corrected chi connectivity index (χ1v) is 8.99. The molecule has 3 N–H and O–H groups in total. The number of carbonyl (C=O) groups is 2. The quantitative estimate of drug-likeness (QED) is 0.665. The second-order valence-electron chi connectivity index (χ2n) is 6.74. The molecule has 0 aliphatic carbocycles. The maximum atomic E-state index is 12.4. The lowest BCUT2D eigenvalue weighted by atomic mass is 10.1. The van der Waals surface area contributed by atoms with Crippen LogP contribution in [0.25, 0.3) is 0 Å². The number of methoxy groups -OCH3 is 1. The fourth-order valence-corrected chi connectivity index (χ4v) is 2.40. The van der Waals surface area contributed by atoms with Crippen LogP contribution in [-0.2, 0) is 4.79 Å². The van der Waals surface area contributed by atoms with E-state index in [1.165, 1.54) is 0 Å². The molecule has 0 bridgehead atoms. The van der Waals surface area contributed by atoms with Gasteiger partial charge in [0.25, 0.3) is 5.91 Å². The Morgan fingerprint density at radius 2 is 1.63 bits per heavy atom. The van der Waals surface area contributed by atoms with E-state index in [4.69, 9.17) is 4.74 Å². The Morgan fingerprint density at radius 1 is 0.963 bits per heavy atom. The first kappa shape index (κ1) is 20.5. The highest BCUT2D eigenvalue weighted by atomic mass is 16.5. The molecular formula is C21H27N3O3. The van der Waals surface area contributed by atoms with Crippen LogP contribution in [0.4, 0.5) is 11.4 Å². The third-order valence-corrected chi connectivity index (χ3v) is 4.00. The van der Waals surface area contributed by atoms with Gasteiger partial charge in [0.15, 0.2) is 0 Å². The lowest BCUT2D eigenvalue weighted by Crippen LogP contribution is -2.39. The smallest absolute Gasteiger partial charge is 0.255 e. The van der Waals surface area contributed by atoms with Crippen molar-refractivity contribution in [1.29, 1.82) is 0 Å². The minimum absolute atomic E-state index is 0.109. The van der Waals surface area contributed by atoms with Crippen molar-refractivity contribution in [1.82, 2.24) is 5.32 Å². The van der Waals surface area contributed by atoms with Crippen molar-refractivity contribution < 1.29 is 14.3 Å². The molecule has 0 spiro atoms. The zero-order chi connectivity index (χ0) is 19.8. The Labute approximate surface area is 160 Å². The molecule has 2 amide bonds. The van der Waals surface area contributed by atoms with Gasteiger partial charge in [0.05, 0.1) is 18.8 Å². The second-order valence-corrected chi connectivity index (χ2v) is 6.74. The summed E-state index contributed by atoms with van der Waals surface area (Å²) in [5.41, 5.74) is 1.74. The minimum atomic E-state index is -0.291. The molecule has 1 atom stereocenters. The minimum Gasteiger partial charge on any atom is -0.495 e. The van der Waals surface area contributed by atoms with Crippen molar-refractivity contribution in [3.05, 3.63) is 54.1 Å². The van der Waals surface area contributed by atoms with E-state index in [9.17, 15) is 9.59 Å². The summed E-state index contributed by atoms with van der Waals surface area (Å²) in [5.74, 6) is 0.713. The number of benzene rings is 2. The summed E-state index contributed by atoms with van der Waals surface area (Å²) in [6.45, 7) is 6.78. The Balaban J connectivity index is 1.96. The standard InChI is InChI=1S/C21H27N3O3/c1-14(2)13-22-15(3)20(25)23-17-11-9-16(10-12-17)21(26)24-18-7-5-6-8-19(18)27-4/h5-12,14-15,22H,13H2,1-4H3,(H,23,25)(H,24,26). The van der Waals surface area contributed by atoms with Gasteiger partial charge in [-0.15, -0.1) is 0 Å². The molecule has 0 aliphatic rings. The van der Waals surface area contributed by atoms with Crippen LogP contribution in [0, 0.1) is 5.92 Å². The Bertz CT molecular complexity index is 772. The van der Waals surface area contributed by atoms with Crippen molar-refractivity contribution in [2.45, 2.75) is 26.8 Å². The Morgan fingerprint density at radius 3 is 2.26 bits per heavy atom. The Hall–Kier alpha value is -2.86. The van der Waals surface area contributed by atoms with E-state index in [1.807, 2.05) is 19.1 Å². The molecule has 6 nitrogen and oxygen atoms in total. The van der Waals surface area contributed by atoms with Crippen molar-refractivity contribution in [2.24, 2.45) is 5.92 Å². The molecule has 0 saturated heterocycles. The van der Waals surface area contributed by atoms with E-state index in [-0.39, 0.29) is 17.9 Å². The molecule has 144 valence electrons. The van der Waals surface area contributed by atoms with Gasteiger partial charge in [-0.1, -0.05) is 26.0 Å². The number of para-hydroxylation sites is 2. The molecule has 2 aromatic carbocycles. The maximum absolute atomic E-state index is 12.4. The van der Waals surface area contributed by atoms with Gasteiger partial charge in [-0.2, -0.15) is 0 Å². The molecule has 1 unspecified atom stereocenters. The largest absolute Gasteiger partial charge is 0.495 e. The van der Waals surface area contributed by atoms with Gasteiger partial charge in [-0.25, -0.2) is 0 Å². The molecule has 0 radical (unpaired) electrons. The molecule has 2 aromatic rings. The number of hydrogen-bond acceptors (Lipinski definition) is 4. The van der Waals surface area contributed by atoms with E-state index >= 15 is 0 Å². The van der Waals surface area contributed by atoms with E-state index in [1.54, 1.807) is 43.5 Å². The third kappa shape index (κ3) is 6.11. The molecule has 0 fully saturated rings. The van der Waals surface area contributed by atoms with Gasteiger partial charge in [0.2, 0.25) is 5.91 Å². The van der Waals surface area contributed by atoms with Crippen molar-refractivity contribution >= 4 is 23.2 Å². The molecule has 27 heavy (non-hydrogen) atoms. The average molecular weight is 369 g/mol. The first-order chi connectivity index (χ1) is 12.9. The highest BCUT2D eigenvalue weighted by Gasteiger charge is 2.13. The normalized spacial score (nSPS) is 11.7. The number of carbonyl (C=O) groups excluding carboxylic acids is 2. The summed E-state index contributed by atoms with van der Waals surface area (Å²) >= 11 is 0. The van der Waals surface area contributed by atoms with E-state index in [2.05, 4.69) is 29.8 Å². The van der Waals surface area contributed by atoms with E-state index < -0.39 is 0 Å². The zero-order valence-electron chi connectivity index (χ0n) is 16.2. The number of amides is 2. The topological polar surface area (TPSA) is 79.5 Å². The van der Waals surface area contributed by atoms with E-state index in [0.29, 0.717) is 28.6 Å². The highest BCUT2D eigenvalue weighted by Crippen LogP contribution is 2.23. The van der Waals surface area contributed by atoms with Gasteiger partial charge < -0.3 is 20.7 Å². The summed E-state index contributed by atoms with van der Waals surface area (Å²) in [6, 6.07) is 13.7. The van der Waals surface area contributed by atoms with Crippen molar-refractivity contribution in [3.63, 3.8) is 0 Å². The summed E-state index contributed by atoms with van der Waals surface area (Å²) < 4.78 is 5.23. The lowest BCUT2D eigenvalue weighted by molar-refractivity contribution is -0.117. The monoisotopic (exact) mass is 369 g/mol. The van der Waals surface area contributed by atoms with Crippen LogP contribution in [0.15, 0.2) is 48.5 Å². The molecule has 0 heterocycles. The molecule has 0 aromatic heterocycles. The SMILES string of the molecule is COc1ccccc1NC(=O)c1ccc(NC(=O)C(C)NCC(C)C)cc1. The van der Waals surface area contributed by atoms with Crippen LogP contribution in [-0.4, -0.2) is 31.5 Å². The first-order valence-electron chi connectivity index (χ1n) is 8.99. The van der Waals surface area contributed by atoms with Crippen LogP contribution in [0.1, 0.15) is 31.1 Å². The highest BCUT2D eigenvalue weighted by molar-refractivity contribution is 6.05. The predicted molar refractivity (Wildman–Crippen MR) is 108 cm³/mol. The van der Waals surface area contributed by atoms with Crippen molar-refractivity contribution in [3.8, 4) is 5.75 Å². The number of ether oxygens (including phenoxy) is 1. The molecule has 2 rings (SSSR count). The maximum Gasteiger partial charge on any atom is 0.255 e. The van der Waals surface area contributed by atoms with Gasteiger partial charge in [-0.05, 0) is 55.8 Å². The lowest BCUT2D eigenvalue weighted by Gasteiger charge is -2.15.